The van der Waals surface area contributed by atoms with Crippen molar-refractivity contribution >= 4 is 31.9 Å². The molecule has 0 saturated heterocycles. The topological polar surface area (TPSA) is 37.9 Å². The normalized spacial score (nSPS) is 10.8. The minimum atomic E-state index is 0.684. The Kier molecular flexibility index (Phi) is 10.4. The first-order chi connectivity index (χ1) is 15.7. The second kappa shape index (κ2) is 13.5. The van der Waals surface area contributed by atoms with Gasteiger partial charge in [0.2, 0.25) is 0 Å². The van der Waals surface area contributed by atoms with Crippen LogP contribution in [0.3, 0.4) is 0 Å². The van der Waals surface area contributed by atoms with Crippen LogP contribution in [0, 0.1) is 11.3 Å². The molecule has 0 aliphatic rings. The van der Waals surface area contributed by atoms with Crippen molar-refractivity contribution in [2.24, 2.45) is 0 Å². The summed E-state index contributed by atoms with van der Waals surface area (Å²) in [4.78, 5) is 0. The van der Waals surface area contributed by atoms with Crippen LogP contribution in [0.15, 0.2) is 69.9 Å². The number of halogens is 2. The van der Waals surface area contributed by atoms with Crippen molar-refractivity contribution in [1.29, 1.82) is 5.26 Å². The van der Waals surface area contributed by atoms with Gasteiger partial charge in [0.05, 0.1) is 27.4 Å². The Morgan fingerprint density at radius 2 is 1.16 bits per heavy atom. The molecule has 0 amide bonds. The second-order valence-corrected chi connectivity index (χ2v) is 9.65. The molecular formula is C27H30Br2N2O. The van der Waals surface area contributed by atoms with Gasteiger partial charge in [-0.3, -0.25) is 0 Å². The Morgan fingerprint density at radius 1 is 0.656 bits per heavy atom. The SMILES string of the molecule is N#Cc1ccc(-c2ccc(OCCCCCCCCCCn3c(Br)ccc3Br)cc2)cc1. The van der Waals surface area contributed by atoms with Crippen LogP contribution in [0.25, 0.3) is 11.1 Å². The minimum Gasteiger partial charge on any atom is -0.494 e. The Labute approximate surface area is 208 Å². The van der Waals surface area contributed by atoms with E-state index in [-0.39, 0.29) is 0 Å². The highest BCUT2D eigenvalue weighted by Crippen LogP contribution is 2.23. The summed E-state index contributed by atoms with van der Waals surface area (Å²) in [5.41, 5.74) is 2.93. The first-order valence-electron chi connectivity index (χ1n) is 11.4. The molecule has 1 heterocycles. The smallest absolute Gasteiger partial charge is 0.119 e. The van der Waals surface area contributed by atoms with Gasteiger partial charge in [-0.15, -0.1) is 0 Å². The highest BCUT2D eigenvalue weighted by molar-refractivity contribution is 9.11. The fourth-order valence-corrected chi connectivity index (χ4v) is 4.98. The number of hydrogen-bond donors (Lipinski definition) is 0. The summed E-state index contributed by atoms with van der Waals surface area (Å²) in [7, 11) is 0. The Balaban J connectivity index is 1.20. The van der Waals surface area contributed by atoms with Gasteiger partial charge in [-0.25, -0.2) is 0 Å². The molecule has 0 bridgehead atoms. The van der Waals surface area contributed by atoms with Gasteiger partial charge in [-0.1, -0.05) is 62.8 Å². The molecule has 0 spiro atoms. The fraction of sp³-hybridized carbons (Fsp3) is 0.370. The molecule has 1 aromatic heterocycles. The van der Waals surface area contributed by atoms with Crippen LogP contribution >= 0.6 is 31.9 Å². The van der Waals surface area contributed by atoms with Crippen molar-refractivity contribution in [2.45, 2.75) is 57.9 Å². The van der Waals surface area contributed by atoms with Crippen molar-refractivity contribution in [1.82, 2.24) is 4.57 Å². The van der Waals surface area contributed by atoms with E-state index in [0.29, 0.717) is 5.56 Å². The lowest BCUT2D eigenvalue weighted by Gasteiger charge is -2.08. The Bertz CT molecular complexity index is 968. The first kappa shape index (κ1) is 24.6. The first-order valence-corrected chi connectivity index (χ1v) is 13.0. The molecule has 5 heteroatoms. The summed E-state index contributed by atoms with van der Waals surface area (Å²) in [6, 6.07) is 22.2. The third kappa shape index (κ3) is 7.83. The van der Waals surface area contributed by atoms with E-state index in [2.05, 4.69) is 66.8 Å². The molecule has 168 valence electrons. The van der Waals surface area contributed by atoms with Gasteiger partial charge in [-0.2, -0.15) is 5.26 Å². The van der Waals surface area contributed by atoms with E-state index in [0.717, 1.165) is 45.7 Å². The van der Waals surface area contributed by atoms with Gasteiger partial charge in [-0.05, 0) is 92.2 Å². The minimum absolute atomic E-state index is 0.684. The molecular weight excluding hydrogens is 528 g/mol. The van der Waals surface area contributed by atoms with E-state index in [9.17, 15) is 0 Å². The molecule has 0 radical (unpaired) electrons. The molecule has 0 aliphatic carbocycles. The third-order valence-electron chi connectivity index (χ3n) is 5.62. The number of rotatable bonds is 13. The van der Waals surface area contributed by atoms with Gasteiger partial charge in [0.1, 0.15) is 5.75 Å². The van der Waals surface area contributed by atoms with Crippen molar-refractivity contribution < 1.29 is 4.74 Å². The number of unbranched alkanes of at least 4 members (excludes halogenated alkanes) is 7. The largest absolute Gasteiger partial charge is 0.494 e. The molecule has 3 nitrogen and oxygen atoms in total. The standard InChI is InChI=1S/C27H30Br2N2O/c28-26-17-18-27(29)31(26)19-7-5-3-1-2-4-6-8-20-32-25-15-13-24(14-16-25)23-11-9-22(21-30)10-12-23/h9-18H,1-8,19-20H2. The zero-order valence-electron chi connectivity index (χ0n) is 18.4. The second-order valence-electron chi connectivity index (χ2n) is 8.02. The predicted molar refractivity (Wildman–Crippen MR) is 139 cm³/mol. The Hall–Kier alpha value is -2.03. The van der Waals surface area contributed by atoms with Crippen molar-refractivity contribution in [3.63, 3.8) is 0 Å². The van der Waals surface area contributed by atoms with E-state index < -0.39 is 0 Å². The monoisotopic (exact) mass is 556 g/mol. The van der Waals surface area contributed by atoms with E-state index in [4.69, 9.17) is 10.00 Å². The van der Waals surface area contributed by atoms with E-state index in [1.54, 1.807) is 0 Å². The van der Waals surface area contributed by atoms with E-state index >= 15 is 0 Å². The fourth-order valence-electron chi connectivity index (χ4n) is 3.74. The summed E-state index contributed by atoms with van der Waals surface area (Å²) < 4.78 is 10.5. The van der Waals surface area contributed by atoms with E-state index in [1.807, 2.05) is 36.4 Å². The number of hydrogen-bond acceptors (Lipinski definition) is 2. The number of nitrogens with zero attached hydrogens (tertiary/aromatic N) is 2. The molecule has 2 aromatic carbocycles. The quantitative estimate of drug-likeness (QED) is 0.197. The average molecular weight is 558 g/mol. The van der Waals surface area contributed by atoms with Crippen LogP contribution in [0.2, 0.25) is 0 Å². The summed E-state index contributed by atoms with van der Waals surface area (Å²) in [5, 5.41) is 8.90. The number of nitriles is 1. The molecule has 32 heavy (non-hydrogen) atoms. The number of ether oxygens (including phenoxy) is 1. The van der Waals surface area contributed by atoms with E-state index in [1.165, 1.54) is 44.9 Å². The molecule has 3 rings (SSSR count). The van der Waals surface area contributed by atoms with Gasteiger partial charge < -0.3 is 9.30 Å². The molecule has 0 aliphatic heterocycles. The Morgan fingerprint density at radius 3 is 1.72 bits per heavy atom. The van der Waals surface area contributed by atoms with Crippen LogP contribution < -0.4 is 4.74 Å². The van der Waals surface area contributed by atoms with Crippen molar-refractivity contribution in [2.75, 3.05) is 6.61 Å². The lowest BCUT2D eigenvalue weighted by molar-refractivity contribution is 0.304. The highest BCUT2D eigenvalue weighted by atomic mass is 79.9. The maximum atomic E-state index is 8.90. The predicted octanol–water partition coefficient (Wildman–Crippen LogP) is 8.75. The molecule has 0 fully saturated rings. The van der Waals surface area contributed by atoms with Crippen LogP contribution in [0.1, 0.15) is 56.9 Å². The molecule has 0 saturated carbocycles. The lowest BCUT2D eigenvalue weighted by atomic mass is 10.0. The number of aromatic nitrogens is 1. The zero-order chi connectivity index (χ0) is 22.6. The van der Waals surface area contributed by atoms with Crippen molar-refractivity contribution in [3.8, 4) is 22.9 Å². The molecule has 0 unspecified atom stereocenters. The zero-order valence-corrected chi connectivity index (χ0v) is 21.6. The van der Waals surface area contributed by atoms with Crippen LogP contribution in [-0.2, 0) is 6.54 Å². The molecule has 3 aromatic rings. The lowest BCUT2D eigenvalue weighted by Crippen LogP contribution is -1.98. The third-order valence-corrected chi connectivity index (χ3v) is 7.01. The summed E-state index contributed by atoms with van der Waals surface area (Å²) in [6.45, 7) is 1.84. The van der Waals surface area contributed by atoms with Gasteiger partial charge >= 0.3 is 0 Å². The van der Waals surface area contributed by atoms with Crippen molar-refractivity contribution in [3.05, 3.63) is 75.4 Å². The molecule has 0 atom stereocenters. The highest BCUT2D eigenvalue weighted by Gasteiger charge is 2.03. The average Bonchev–Trinajstić information content (AvgIpc) is 3.15. The van der Waals surface area contributed by atoms with Gasteiger partial charge in [0.25, 0.3) is 0 Å². The van der Waals surface area contributed by atoms with Crippen LogP contribution in [0.5, 0.6) is 5.75 Å². The number of benzene rings is 2. The van der Waals surface area contributed by atoms with Crippen LogP contribution in [-0.4, -0.2) is 11.2 Å². The maximum Gasteiger partial charge on any atom is 0.119 e. The summed E-state index contributed by atoms with van der Waals surface area (Å²) >= 11 is 7.17. The molecule has 0 N–H and O–H groups in total. The summed E-state index contributed by atoms with van der Waals surface area (Å²) in [6.07, 6.45) is 10.1. The van der Waals surface area contributed by atoms with Gasteiger partial charge in [0.15, 0.2) is 0 Å². The van der Waals surface area contributed by atoms with Gasteiger partial charge in [0, 0.05) is 6.54 Å². The summed E-state index contributed by atoms with van der Waals surface area (Å²) in [5.74, 6) is 0.920. The van der Waals surface area contributed by atoms with Crippen LogP contribution in [0.4, 0.5) is 0 Å². The maximum absolute atomic E-state index is 8.90.